The van der Waals surface area contributed by atoms with Crippen LogP contribution in [0.5, 0.6) is 0 Å². The number of rotatable bonds is 7. The van der Waals surface area contributed by atoms with Crippen LogP contribution in [0.2, 0.25) is 0 Å². The molecule has 0 bridgehead atoms. The molecule has 150 valence electrons. The number of aromatic amines is 1. The van der Waals surface area contributed by atoms with Crippen LogP contribution in [0.25, 0.3) is 11.0 Å². The molecule has 0 fully saturated rings. The number of benzene rings is 1. The number of hydrogen-bond acceptors (Lipinski definition) is 8. The van der Waals surface area contributed by atoms with E-state index in [1.807, 2.05) is 26.0 Å². The summed E-state index contributed by atoms with van der Waals surface area (Å²) in [7, 11) is -3.71. The Kier molecular flexibility index (Phi) is 5.07. The lowest BCUT2D eigenvalue weighted by molar-refractivity contribution is 0.603. The van der Waals surface area contributed by atoms with E-state index in [9.17, 15) is 8.42 Å². The van der Waals surface area contributed by atoms with Gasteiger partial charge in [-0.25, -0.2) is 13.4 Å². The van der Waals surface area contributed by atoms with Gasteiger partial charge in [0.15, 0.2) is 5.82 Å². The summed E-state index contributed by atoms with van der Waals surface area (Å²) in [6.07, 6.45) is 0. The van der Waals surface area contributed by atoms with E-state index in [0.717, 1.165) is 16.9 Å². The van der Waals surface area contributed by atoms with Gasteiger partial charge in [0.05, 0.1) is 5.69 Å². The molecule has 0 amide bonds. The maximum Gasteiger partial charge on any atom is 0.271 e. The lowest BCUT2D eigenvalue weighted by atomic mass is 10.2. The molecule has 4 rings (SSSR count). The number of aromatic nitrogens is 4. The molecule has 0 aliphatic rings. The molecular formula is C18H19N7O2S2. The van der Waals surface area contributed by atoms with Crippen LogP contribution in [0.15, 0.2) is 52.1 Å². The van der Waals surface area contributed by atoms with Gasteiger partial charge >= 0.3 is 0 Å². The van der Waals surface area contributed by atoms with Crippen molar-refractivity contribution >= 4 is 55.4 Å². The predicted molar refractivity (Wildman–Crippen MR) is 115 cm³/mol. The Balaban J connectivity index is 1.70. The van der Waals surface area contributed by atoms with Crippen molar-refractivity contribution in [1.29, 1.82) is 0 Å². The Morgan fingerprint density at radius 1 is 1.07 bits per heavy atom. The maximum absolute atomic E-state index is 12.7. The van der Waals surface area contributed by atoms with Crippen molar-refractivity contribution in [2.75, 3.05) is 15.4 Å². The molecule has 0 saturated heterocycles. The molecule has 3 aromatic heterocycles. The normalized spacial score (nSPS) is 11.7. The smallest absolute Gasteiger partial charge is 0.271 e. The molecule has 3 heterocycles. The largest absolute Gasteiger partial charge is 0.368 e. The molecule has 4 aromatic rings. The second-order valence-corrected chi connectivity index (χ2v) is 9.44. The first-order valence-electron chi connectivity index (χ1n) is 8.82. The summed E-state index contributed by atoms with van der Waals surface area (Å²) in [4.78, 5) is 4.55. The van der Waals surface area contributed by atoms with Crippen LogP contribution >= 0.6 is 11.3 Å². The quantitative estimate of drug-likeness (QED) is 0.352. The first-order valence-corrected chi connectivity index (χ1v) is 11.2. The van der Waals surface area contributed by atoms with E-state index >= 15 is 0 Å². The van der Waals surface area contributed by atoms with Crippen molar-refractivity contribution in [3.63, 3.8) is 0 Å². The third kappa shape index (κ3) is 4.30. The Morgan fingerprint density at radius 2 is 1.90 bits per heavy atom. The summed E-state index contributed by atoms with van der Waals surface area (Å²) < 4.78 is 28.2. The van der Waals surface area contributed by atoms with E-state index in [0.29, 0.717) is 28.5 Å². The molecule has 4 N–H and O–H groups in total. The summed E-state index contributed by atoms with van der Waals surface area (Å²) in [6.45, 7) is 4.00. The van der Waals surface area contributed by atoms with Crippen LogP contribution in [0.4, 0.5) is 23.0 Å². The number of sulfonamides is 1. The second-order valence-electron chi connectivity index (χ2n) is 6.58. The van der Waals surface area contributed by atoms with Crippen molar-refractivity contribution in [3.05, 3.63) is 47.8 Å². The number of thiophene rings is 1. The molecule has 29 heavy (non-hydrogen) atoms. The monoisotopic (exact) mass is 429 g/mol. The number of hydrogen-bond donors (Lipinski definition) is 4. The topological polar surface area (TPSA) is 125 Å². The minimum atomic E-state index is -3.71. The molecule has 0 spiro atoms. The van der Waals surface area contributed by atoms with Crippen molar-refractivity contribution in [2.24, 2.45) is 0 Å². The van der Waals surface area contributed by atoms with E-state index in [-0.39, 0.29) is 10.3 Å². The summed E-state index contributed by atoms with van der Waals surface area (Å²) in [5.74, 6) is 1.00. The number of nitrogens with zero attached hydrogens (tertiary/aromatic N) is 3. The third-order valence-corrected chi connectivity index (χ3v) is 6.68. The molecule has 1 aromatic carbocycles. The van der Waals surface area contributed by atoms with E-state index in [1.54, 1.807) is 35.7 Å². The van der Waals surface area contributed by atoms with Crippen molar-refractivity contribution in [1.82, 2.24) is 20.4 Å². The van der Waals surface area contributed by atoms with Gasteiger partial charge < -0.3 is 10.6 Å². The van der Waals surface area contributed by atoms with Crippen LogP contribution in [0, 0.1) is 0 Å². The number of H-pyrrole nitrogens is 1. The highest BCUT2D eigenvalue weighted by molar-refractivity contribution is 7.94. The first kappa shape index (κ1) is 19.2. The fourth-order valence-electron chi connectivity index (χ4n) is 2.68. The molecule has 11 heteroatoms. The summed E-state index contributed by atoms with van der Waals surface area (Å²) >= 11 is 1.15. The number of nitrogens with one attached hydrogen (secondary N) is 4. The molecule has 0 unspecified atom stereocenters. The third-order valence-electron chi connectivity index (χ3n) is 3.92. The lowest BCUT2D eigenvalue weighted by Gasteiger charge is -2.16. The van der Waals surface area contributed by atoms with Gasteiger partial charge in [-0.15, -0.1) is 11.3 Å². The van der Waals surface area contributed by atoms with E-state index < -0.39 is 10.0 Å². The Labute approximate surface area is 171 Å². The van der Waals surface area contributed by atoms with Crippen LogP contribution in [0.1, 0.15) is 13.8 Å². The average molecular weight is 430 g/mol. The van der Waals surface area contributed by atoms with Gasteiger partial charge in [-0.2, -0.15) is 15.4 Å². The minimum absolute atomic E-state index is 0.176. The predicted octanol–water partition coefficient (Wildman–Crippen LogP) is 3.78. The van der Waals surface area contributed by atoms with Crippen molar-refractivity contribution < 1.29 is 8.42 Å². The zero-order valence-electron chi connectivity index (χ0n) is 15.7. The first-order chi connectivity index (χ1) is 13.9. The van der Waals surface area contributed by atoms with Gasteiger partial charge in [-0.3, -0.25) is 4.72 Å². The highest BCUT2D eigenvalue weighted by atomic mass is 32.2. The van der Waals surface area contributed by atoms with E-state index in [2.05, 4.69) is 35.8 Å². The van der Waals surface area contributed by atoms with E-state index in [1.165, 1.54) is 0 Å². The van der Waals surface area contributed by atoms with Gasteiger partial charge in [0, 0.05) is 11.7 Å². The lowest BCUT2D eigenvalue weighted by Crippen LogP contribution is -2.15. The van der Waals surface area contributed by atoms with Crippen LogP contribution in [0.3, 0.4) is 0 Å². The average Bonchev–Trinajstić information content (AvgIpc) is 3.34. The zero-order chi connectivity index (χ0) is 20.4. The highest BCUT2D eigenvalue weighted by Gasteiger charge is 2.18. The zero-order valence-corrected chi connectivity index (χ0v) is 17.3. The van der Waals surface area contributed by atoms with Crippen LogP contribution in [-0.4, -0.2) is 34.9 Å². The Bertz CT molecular complexity index is 1230. The Hall–Kier alpha value is -3.18. The molecular weight excluding hydrogens is 410 g/mol. The number of pyridine rings is 1. The van der Waals surface area contributed by atoms with E-state index in [4.69, 9.17) is 0 Å². The molecule has 0 aliphatic carbocycles. The van der Waals surface area contributed by atoms with Gasteiger partial charge in [0.2, 0.25) is 0 Å². The SMILES string of the molecule is CC(C)Nc1ccc(NS(=O)(=O)c2cccs2)c(Nc2ccc3n[nH]nc3c2)n1. The standard InChI is InChI=1S/C18H19N7O2S2/c1-11(2)19-16-8-7-14(24-29(26,27)17-4-3-9-28-17)18(21-16)20-12-5-6-13-15(10-12)23-25-22-13/h3-11,24H,1-2H3,(H2,19,20,21)(H,22,23,25). The second kappa shape index (κ2) is 7.68. The minimum Gasteiger partial charge on any atom is -0.368 e. The Morgan fingerprint density at radius 3 is 2.66 bits per heavy atom. The molecule has 0 atom stereocenters. The highest BCUT2D eigenvalue weighted by Crippen LogP contribution is 2.29. The fraction of sp³-hybridized carbons (Fsp3) is 0.167. The molecule has 0 saturated carbocycles. The molecule has 9 nitrogen and oxygen atoms in total. The van der Waals surface area contributed by atoms with Gasteiger partial charge in [0.25, 0.3) is 10.0 Å². The van der Waals surface area contributed by atoms with Gasteiger partial charge in [0.1, 0.15) is 21.1 Å². The fourth-order valence-corrected chi connectivity index (χ4v) is 4.74. The van der Waals surface area contributed by atoms with Crippen LogP contribution in [-0.2, 0) is 10.0 Å². The maximum atomic E-state index is 12.7. The van der Waals surface area contributed by atoms with Crippen molar-refractivity contribution in [3.8, 4) is 0 Å². The molecule has 0 radical (unpaired) electrons. The summed E-state index contributed by atoms with van der Waals surface area (Å²) in [5, 5.41) is 18.8. The van der Waals surface area contributed by atoms with Gasteiger partial charge in [-0.1, -0.05) is 6.07 Å². The summed E-state index contributed by atoms with van der Waals surface area (Å²) in [5.41, 5.74) is 2.47. The van der Waals surface area contributed by atoms with Crippen LogP contribution < -0.4 is 15.4 Å². The van der Waals surface area contributed by atoms with Crippen molar-refractivity contribution in [2.45, 2.75) is 24.1 Å². The van der Waals surface area contributed by atoms with Gasteiger partial charge in [-0.05, 0) is 55.6 Å². The number of anilines is 4. The molecule has 0 aliphatic heterocycles. The summed E-state index contributed by atoms with van der Waals surface area (Å²) in [6, 6.07) is 12.3. The number of fused-ring (bicyclic) bond motifs is 1.